The van der Waals surface area contributed by atoms with E-state index in [1.54, 1.807) is 17.8 Å². The van der Waals surface area contributed by atoms with E-state index in [9.17, 15) is 4.79 Å². The van der Waals surface area contributed by atoms with Crippen molar-refractivity contribution in [1.29, 1.82) is 0 Å². The standard InChI is InChI=1S/C14H14O2S2/c1-9(2)10-5-3-4-6-11(10)17-13-8-7-12(18-13)14(15)16/h3-9H,1-2H3,(H,15,16). The lowest BCUT2D eigenvalue weighted by atomic mass is 10.0. The van der Waals surface area contributed by atoms with Gasteiger partial charge in [0.25, 0.3) is 0 Å². The summed E-state index contributed by atoms with van der Waals surface area (Å²) in [4.78, 5) is 12.4. The highest BCUT2D eigenvalue weighted by molar-refractivity contribution is 8.01. The number of carbonyl (C=O) groups is 1. The van der Waals surface area contributed by atoms with Crippen LogP contribution in [-0.4, -0.2) is 11.1 Å². The molecule has 0 atom stereocenters. The number of aromatic carboxylic acids is 1. The van der Waals surface area contributed by atoms with Crippen LogP contribution in [-0.2, 0) is 0 Å². The van der Waals surface area contributed by atoms with Crippen molar-refractivity contribution >= 4 is 29.1 Å². The average molecular weight is 278 g/mol. The zero-order chi connectivity index (χ0) is 13.1. The Kier molecular flexibility index (Phi) is 4.09. The van der Waals surface area contributed by atoms with E-state index in [-0.39, 0.29) is 0 Å². The molecule has 0 amide bonds. The van der Waals surface area contributed by atoms with Crippen LogP contribution in [0.15, 0.2) is 45.5 Å². The van der Waals surface area contributed by atoms with Gasteiger partial charge in [-0.1, -0.05) is 43.8 Å². The predicted octanol–water partition coefficient (Wildman–Crippen LogP) is 4.72. The molecule has 2 rings (SSSR count). The molecule has 0 spiro atoms. The molecule has 0 saturated carbocycles. The van der Waals surface area contributed by atoms with E-state index in [2.05, 4.69) is 26.0 Å². The topological polar surface area (TPSA) is 37.3 Å². The third-order valence-electron chi connectivity index (χ3n) is 2.54. The first-order valence-corrected chi connectivity index (χ1v) is 7.31. The van der Waals surface area contributed by atoms with Crippen LogP contribution in [0, 0.1) is 0 Å². The molecule has 18 heavy (non-hydrogen) atoms. The fraction of sp³-hybridized carbons (Fsp3) is 0.214. The average Bonchev–Trinajstić information content (AvgIpc) is 2.78. The molecule has 1 heterocycles. The second-order valence-corrected chi connectivity index (χ2v) is 6.64. The van der Waals surface area contributed by atoms with Crippen molar-refractivity contribution in [3.63, 3.8) is 0 Å². The molecular weight excluding hydrogens is 264 g/mol. The first-order chi connectivity index (χ1) is 8.58. The lowest BCUT2D eigenvalue weighted by Crippen LogP contribution is -1.90. The molecular formula is C14H14O2S2. The molecule has 0 aliphatic rings. The maximum absolute atomic E-state index is 10.8. The lowest BCUT2D eigenvalue weighted by molar-refractivity contribution is 0.0702. The van der Waals surface area contributed by atoms with Gasteiger partial charge in [-0.05, 0) is 29.7 Å². The zero-order valence-corrected chi connectivity index (χ0v) is 11.8. The van der Waals surface area contributed by atoms with E-state index >= 15 is 0 Å². The van der Waals surface area contributed by atoms with Crippen molar-refractivity contribution in [3.05, 3.63) is 46.8 Å². The van der Waals surface area contributed by atoms with Gasteiger partial charge in [0.15, 0.2) is 0 Å². The van der Waals surface area contributed by atoms with Crippen LogP contribution in [0.25, 0.3) is 0 Å². The van der Waals surface area contributed by atoms with Gasteiger partial charge in [-0.2, -0.15) is 0 Å². The largest absolute Gasteiger partial charge is 0.477 e. The van der Waals surface area contributed by atoms with Gasteiger partial charge in [-0.15, -0.1) is 11.3 Å². The summed E-state index contributed by atoms with van der Waals surface area (Å²) in [5.74, 6) is -0.392. The Hall–Kier alpha value is -1.26. The Labute approximate surface area is 115 Å². The minimum atomic E-state index is -0.857. The Bertz CT molecular complexity index is 558. The molecule has 4 heteroatoms. The molecule has 0 fully saturated rings. The summed E-state index contributed by atoms with van der Waals surface area (Å²) in [5, 5.41) is 8.91. The summed E-state index contributed by atoms with van der Waals surface area (Å²) in [6, 6.07) is 11.8. The Morgan fingerprint density at radius 1 is 1.22 bits per heavy atom. The maximum Gasteiger partial charge on any atom is 0.345 e. The molecule has 2 aromatic rings. The molecule has 0 radical (unpaired) electrons. The smallest absolute Gasteiger partial charge is 0.345 e. The maximum atomic E-state index is 10.8. The summed E-state index contributed by atoms with van der Waals surface area (Å²) in [7, 11) is 0. The highest BCUT2D eigenvalue weighted by Gasteiger charge is 2.11. The van der Waals surface area contributed by atoms with E-state index in [0.717, 1.165) is 4.21 Å². The predicted molar refractivity (Wildman–Crippen MR) is 75.9 cm³/mol. The Morgan fingerprint density at radius 2 is 1.94 bits per heavy atom. The Morgan fingerprint density at radius 3 is 2.56 bits per heavy atom. The number of carboxylic acids is 1. The zero-order valence-electron chi connectivity index (χ0n) is 10.2. The van der Waals surface area contributed by atoms with Crippen LogP contribution < -0.4 is 0 Å². The number of carboxylic acid groups (broad SMARTS) is 1. The van der Waals surface area contributed by atoms with Gasteiger partial charge in [0.1, 0.15) is 4.88 Å². The van der Waals surface area contributed by atoms with E-state index in [4.69, 9.17) is 5.11 Å². The summed E-state index contributed by atoms with van der Waals surface area (Å²) in [6.07, 6.45) is 0. The molecule has 0 aliphatic carbocycles. The summed E-state index contributed by atoms with van der Waals surface area (Å²) in [5.41, 5.74) is 1.30. The van der Waals surface area contributed by atoms with E-state index < -0.39 is 5.97 Å². The van der Waals surface area contributed by atoms with Gasteiger partial charge in [0, 0.05) is 4.90 Å². The first-order valence-electron chi connectivity index (χ1n) is 5.68. The number of benzene rings is 1. The van der Waals surface area contributed by atoms with E-state index in [1.165, 1.54) is 21.8 Å². The highest BCUT2D eigenvalue weighted by atomic mass is 32.2. The highest BCUT2D eigenvalue weighted by Crippen LogP contribution is 2.37. The van der Waals surface area contributed by atoms with Crippen molar-refractivity contribution in [2.24, 2.45) is 0 Å². The van der Waals surface area contributed by atoms with Gasteiger partial charge < -0.3 is 5.11 Å². The van der Waals surface area contributed by atoms with E-state index in [1.807, 2.05) is 18.2 Å². The third kappa shape index (κ3) is 2.94. The van der Waals surface area contributed by atoms with Crippen LogP contribution in [0.5, 0.6) is 0 Å². The first kappa shape index (κ1) is 13.2. The molecule has 1 aromatic heterocycles. The summed E-state index contributed by atoms with van der Waals surface area (Å²) >= 11 is 2.96. The minimum Gasteiger partial charge on any atom is -0.477 e. The molecule has 0 unspecified atom stereocenters. The molecule has 1 aromatic carbocycles. The molecule has 94 valence electrons. The number of rotatable bonds is 4. The van der Waals surface area contributed by atoms with Crippen molar-refractivity contribution in [1.82, 2.24) is 0 Å². The van der Waals surface area contributed by atoms with Crippen molar-refractivity contribution in [2.75, 3.05) is 0 Å². The molecule has 1 N–H and O–H groups in total. The third-order valence-corrected chi connectivity index (χ3v) is 4.84. The normalized spacial score (nSPS) is 10.8. The van der Waals surface area contributed by atoms with E-state index in [0.29, 0.717) is 10.8 Å². The van der Waals surface area contributed by atoms with Gasteiger partial charge in [0.2, 0.25) is 0 Å². The monoisotopic (exact) mass is 278 g/mol. The van der Waals surface area contributed by atoms with Gasteiger partial charge in [0.05, 0.1) is 4.21 Å². The van der Waals surface area contributed by atoms with Crippen molar-refractivity contribution < 1.29 is 9.90 Å². The van der Waals surface area contributed by atoms with Crippen molar-refractivity contribution in [2.45, 2.75) is 28.9 Å². The van der Waals surface area contributed by atoms with Crippen LogP contribution in [0.3, 0.4) is 0 Å². The second kappa shape index (κ2) is 5.59. The van der Waals surface area contributed by atoms with Crippen molar-refractivity contribution in [3.8, 4) is 0 Å². The molecule has 2 nitrogen and oxygen atoms in total. The number of thiophene rings is 1. The SMILES string of the molecule is CC(C)c1ccccc1Sc1ccc(C(=O)O)s1. The molecule has 0 saturated heterocycles. The Balaban J connectivity index is 2.25. The van der Waals surface area contributed by atoms with Gasteiger partial charge in [-0.3, -0.25) is 0 Å². The lowest BCUT2D eigenvalue weighted by Gasteiger charge is -2.10. The van der Waals surface area contributed by atoms with Gasteiger partial charge >= 0.3 is 5.97 Å². The number of hydrogen-bond acceptors (Lipinski definition) is 3. The van der Waals surface area contributed by atoms with Crippen LogP contribution >= 0.6 is 23.1 Å². The second-order valence-electron chi connectivity index (χ2n) is 4.22. The van der Waals surface area contributed by atoms with Crippen LogP contribution in [0.4, 0.5) is 0 Å². The van der Waals surface area contributed by atoms with Crippen LogP contribution in [0.2, 0.25) is 0 Å². The van der Waals surface area contributed by atoms with Crippen LogP contribution in [0.1, 0.15) is 35.0 Å². The summed E-state index contributed by atoms with van der Waals surface area (Å²) < 4.78 is 1.01. The fourth-order valence-electron chi connectivity index (χ4n) is 1.65. The minimum absolute atomic E-state index is 0.388. The fourth-order valence-corrected chi connectivity index (χ4v) is 3.85. The summed E-state index contributed by atoms with van der Waals surface area (Å²) in [6.45, 7) is 4.33. The van der Waals surface area contributed by atoms with Gasteiger partial charge in [-0.25, -0.2) is 4.79 Å². The quantitative estimate of drug-likeness (QED) is 0.879. The number of hydrogen-bond donors (Lipinski definition) is 1. The molecule has 0 aliphatic heterocycles. The molecule has 0 bridgehead atoms.